The lowest BCUT2D eigenvalue weighted by Crippen LogP contribution is -2.41. The average Bonchev–Trinajstić information content (AvgIpc) is 2.74. The first-order valence-electron chi connectivity index (χ1n) is 9.25. The number of ether oxygens (including phenoxy) is 4. The molecule has 3 atom stereocenters. The van der Waals surface area contributed by atoms with Crippen molar-refractivity contribution in [1.82, 2.24) is 5.32 Å². The molecule has 0 radical (unpaired) electrons. The van der Waals surface area contributed by atoms with E-state index in [0.29, 0.717) is 6.42 Å². The van der Waals surface area contributed by atoms with Gasteiger partial charge in [0.25, 0.3) is 0 Å². The number of piperidine rings is 1. The lowest BCUT2D eigenvalue weighted by Gasteiger charge is -2.36. The molecule has 1 saturated heterocycles. The molecule has 1 heterocycles. The van der Waals surface area contributed by atoms with Crippen LogP contribution >= 0.6 is 0 Å². The van der Waals surface area contributed by atoms with Crippen molar-refractivity contribution in [3.05, 3.63) is 47.5 Å². The SMILES string of the molecule is COc1ccc(OC)c([C@@H]2CC(=O)[C@@H](C)[C@H](c3cc(OC)ccc3OC)N2)c1. The molecule has 28 heavy (non-hydrogen) atoms. The highest BCUT2D eigenvalue weighted by atomic mass is 16.5. The summed E-state index contributed by atoms with van der Waals surface area (Å²) in [6.45, 7) is 1.94. The quantitative estimate of drug-likeness (QED) is 0.818. The standard InChI is InChI=1S/C22H27NO5/c1-13-19(24)12-18(16-10-14(25-2)6-8-20(16)27-4)23-22(13)17-11-15(26-3)7-9-21(17)28-5/h6-11,13,18,22-23H,12H2,1-5H3/t13-,18+,22-/m1/s1. The molecular weight excluding hydrogens is 358 g/mol. The van der Waals surface area contributed by atoms with E-state index in [4.69, 9.17) is 18.9 Å². The second-order valence-corrected chi connectivity index (χ2v) is 6.87. The zero-order chi connectivity index (χ0) is 20.3. The van der Waals surface area contributed by atoms with E-state index in [1.807, 2.05) is 43.3 Å². The van der Waals surface area contributed by atoms with Gasteiger partial charge in [-0.3, -0.25) is 4.79 Å². The Bertz CT molecular complexity index is 851. The number of benzene rings is 2. The van der Waals surface area contributed by atoms with Crippen LogP contribution in [0.1, 0.15) is 36.6 Å². The van der Waals surface area contributed by atoms with Crippen molar-refractivity contribution in [1.29, 1.82) is 0 Å². The predicted octanol–water partition coefficient (Wildman–Crippen LogP) is 3.70. The van der Waals surface area contributed by atoms with Crippen molar-refractivity contribution in [2.45, 2.75) is 25.4 Å². The Morgan fingerprint density at radius 1 is 0.821 bits per heavy atom. The van der Waals surface area contributed by atoms with Crippen molar-refractivity contribution in [3.63, 3.8) is 0 Å². The molecule has 0 spiro atoms. The van der Waals surface area contributed by atoms with Crippen molar-refractivity contribution in [2.75, 3.05) is 28.4 Å². The van der Waals surface area contributed by atoms with E-state index in [2.05, 4.69) is 5.32 Å². The smallest absolute Gasteiger partial charge is 0.139 e. The summed E-state index contributed by atoms with van der Waals surface area (Å²) in [4.78, 5) is 12.9. The van der Waals surface area contributed by atoms with Gasteiger partial charge in [0, 0.05) is 35.5 Å². The van der Waals surface area contributed by atoms with Gasteiger partial charge < -0.3 is 24.3 Å². The Labute approximate surface area is 165 Å². The van der Waals surface area contributed by atoms with Crippen LogP contribution in [0.15, 0.2) is 36.4 Å². The van der Waals surface area contributed by atoms with Crippen molar-refractivity contribution >= 4 is 5.78 Å². The minimum Gasteiger partial charge on any atom is -0.497 e. The van der Waals surface area contributed by atoms with Crippen LogP contribution in [0.2, 0.25) is 0 Å². The van der Waals surface area contributed by atoms with E-state index < -0.39 is 0 Å². The minimum absolute atomic E-state index is 0.184. The molecule has 0 aliphatic carbocycles. The molecule has 0 unspecified atom stereocenters. The van der Waals surface area contributed by atoms with E-state index in [1.54, 1.807) is 28.4 Å². The molecule has 1 aliphatic heterocycles. The molecule has 2 aromatic rings. The molecule has 0 amide bonds. The fraction of sp³-hybridized carbons (Fsp3) is 0.409. The summed E-state index contributed by atoms with van der Waals surface area (Å²) < 4.78 is 21.8. The first-order valence-corrected chi connectivity index (χ1v) is 9.25. The van der Waals surface area contributed by atoms with Gasteiger partial charge in [-0.1, -0.05) is 6.92 Å². The highest BCUT2D eigenvalue weighted by molar-refractivity contribution is 5.83. The molecule has 6 nitrogen and oxygen atoms in total. The first-order chi connectivity index (χ1) is 13.5. The lowest BCUT2D eigenvalue weighted by atomic mass is 9.81. The third kappa shape index (κ3) is 3.78. The predicted molar refractivity (Wildman–Crippen MR) is 106 cm³/mol. The fourth-order valence-electron chi connectivity index (χ4n) is 3.75. The van der Waals surface area contributed by atoms with E-state index in [0.717, 1.165) is 34.1 Å². The van der Waals surface area contributed by atoms with Gasteiger partial charge in [0.15, 0.2) is 0 Å². The fourth-order valence-corrected chi connectivity index (χ4v) is 3.75. The molecule has 3 rings (SSSR count). The van der Waals surface area contributed by atoms with Crippen molar-refractivity contribution < 1.29 is 23.7 Å². The second kappa shape index (κ2) is 8.52. The number of nitrogens with one attached hydrogen (secondary N) is 1. The summed E-state index contributed by atoms with van der Waals surface area (Å²) >= 11 is 0. The van der Waals surface area contributed by atoms with Crippen molar-refractivity contribution in [2.24, 2.45) is 5.92 Å². The minimum atomic E-state index is -0.216. The van der Waals surface area contributed by atoms with Gasteiger partial charge in [0.1, 0.15) is 28.8 Å². The van der Waals surface area contributed by atoms with Crippen molar-refractivity contribution in [3.8, 4) is 23.0 Å². The number of hydrogen-bond donors (Lipinski definition) is 1. The molecule has 6 heteroatoms. The summed E-state index contributed by atoms with van der Waals surface area (Å²) in [5.74, 6) is 2.86. The summed E-state index contributed by atoms with van der Waals surface area (Å²) in [5.41, 5.74) is 1.79. The van der Waals surface area contributed by atoms with Crippen LogP contribution in [0.25, 0.3) is 0 Å². The maximum Gasteiger partial charge on any atom is 0.139 e. The number of hydrogen-bond acceptors (Lipinski definition) is 6. The molecule has 2 aromatic carbocycles. The Hall–Kier alpha value is -2.73. The third-order valence-electron chi connectivity index (χ3n) is 5.38. The van der Waals surface area contributed by atoms with Gasteiger partial charge in [-0.2, -0.15) is 0 Å². The Balaban J connectivity index is 2.03. The van der Waals surface area contributed by atoms with Crippen LogP contribution in [-0.4, -0.2) is 34.2 Å². The maximum absolute atomic E-state index is 12.9. The zero-order valence-electron chi connectivity index (χ0n) is 16.9. The summed E-state index contributed by atoms with van der Waals surface area (Å²) in [6.07, 6.45) is 0.382. The van der Waals surface area contributed by atoms with Gasteiger partial charge in [0.05, 0.1) is 28.4 Å². The first kappa shape index (κ1) is 20.0. The maximum atomic E-state index is 12.9. The van der Waals surface area contributed by atoms with E-state index in [1.165, 1.54) is 0 Å². The number of carbonyl (C=O) groups excluding carboxylic acids is 1. The molecule has 0 saturated carbocycles. The molecule has 1 fully saturated rings. The molecular formula is C22H27NO5. The van der Waals surface area contributed by atoms with Crippen LogP contribution in [0.4, 0.5) is 0 Å². The topological polar surface area (TPSA) is 66.0 Å². The van der Waals surface area contributed by atoms with Gasteiger partial charge in [-0.15, -0.1) is 0 Å². The van der Waals surface area contributed by atoms with Crippen LogP contribution in [-0.2, 0) is 4.79 Å². The average molecular weight is 385 g/mol. The summed E-state index contributed by atoms with van der Waals surface area (Å²) in [5, 5.41) is 3.63. The Morgan fingerprint density at radius 3 is 1.89 bits per heavy atom. The zero-order valence-corrected chi connectivity index (χ0v) is 16.9. The third-order valence-corrected chi connectivity index (χ3v) is 5.38. The van der Waals surface area contributed by atoms with Gasteiger partial charge >= 0.3 is 0 Å². The number of rotatable bonds is 6. The molecule has 1 aliphatic rings. The van der Waals surface area contributed by atoms with Gasteiger partial charge in [0.2, 0.25) is 0 Å². The van der Waals surface area contributed by atoms with Crippen LogP contribution in [0.5, 0.6) is 23.0 Å². The summed E-state index contributed by atoms with van der Waals surface area (Å²) in [6, 6.07) is 10.8. The number of ketones is 1. The normalized spacial score (nSPS) is 21.9. The summed E-state index contributed by atoms with van der Waals surface area (Å²) in [7, 11) is 6.50. The number of carbonyl (C=O) groups is 1. The molecule has 0 bridgehead atoms. The second-order valence-electron chi connectivity index (χ2n) is 6.87. The van der Waals surface area contributed by atoms with E-state index >= 15 is 0 Å². The van der Waals surface area contributed by atoms with E-state index in [-0.39, 0.29) is 23.8 Å². The molecule has 150 valence electrons. The van der Waals surface area contributed by atoms with Gasteiger partial charge in [-0.05, 0) is 36.4 Å². The number of methoxy groups -OCH3 is 4. The highest BCUT2D eigenvalue weighted by Crippen LogP contribution is 2.42. The lowest BCUT2D eigenvalue weighted by molar-refractivity contribution is -0.126. The van der Waals surface area contributed by atoms with Gasteiger partial charge in [-0.25, -0.2) is 0 Å². The van der Waals surface area contributed by atoms with E-state index in [9.17, 15) is 4.79 Å². The molecule has 1 N–H and O–H groups in total. The van der Waals surface area contributed by atoms with Crippen LogP contribution in [0, 0.1) is 5.92 Å². The monoisotopic (exact) mass is 385 g/mol. The van der Waals surface area contributed by atoms with Crippen LogP contribution in [0.3, 0.4) is 0 Å². The Morgan fingerprint density at radius 2 is 1.36 bits per heavy atom. The van der Waals surface area contributed by atoms with Crippen LogP contribution < -0.4 is 24.3 Å². The highest BCUT2D eigenvalue weighted by Gasteiger charge is 2.37. The largest absolute Gasteiger partial charge is 0.497 e. The molecule has 0 aromatic heterocycles. The Kier molecular flexibility index (Phi) is 6.09. The number of Topliss-reactive ketones (excluding diaryl/α,β-unsaturated/α-hetero) is 1.